The highest BCUT2D eigenvalue weighted by molar-refractivity contribution is 5.75. The van der Waals surface area contributed by atoms with Gasteiger partial charge in [0.25, 0.3) is 0 Å². The standard InChI is InChI=1S/C20H30O6.C8H12O3/c21-18(22)2-1-7-20(19(23)24,10-12-3-5-14-16(8-12)25-14)11-13-4-6-15-17(9-13)26-15;1-4-2-6-7(11-6)3-5(4)8(9)10/h12-17H,1-11H2,(H,21,22)(H,23,24);4-7H,2-3H2,1H3,(H,9,10). The lowest BCUT2D eigenvalue weighted by atomic mass is 9.66. The number of carbonyl (C=O) groups is 3. The molecule has 208 valence electrons. The van der Waals surface area contributed by atoms with Crippen LogP contribution in [-0.2, 0) is 28.6 Å². The zero-order chi connectivity index (χ0) is 26.3. The number of rotatable bonds is 10. The highest BCUT2D eigenvalue weighted by Crippen LogP contribution is 2.50. The van der Waals surface area contributed by atoms with Crippen molar-refractivity contribution in [2.75, 3.05) is 0 Å². The summed E-state index contributed by atoms with van der Waals surface area (Å²) in [5, 5.41) is 28.0. The first-order chi connectivity index (χ1) is 17.6. The van der Waals surface area contributed by atoms with Gasteiger partial charge in [0.05, 0.1) is 48.0 Å². The molecule has 9 nitrogen and oxygen atoms in total. The average molecular weight is 523 g/mol. The Labute approximate surface area is 218 Å². The van der Waals surface area contributed by atoms with Crippen molar-refractivity contribution in [1.82, 2.24) is 0 Å². The summed E-state index contributed by atoms with van der Waals surface area (Å²) < 4.78 is 16.5. The Hall–Kier alpha value is -1.71. The maximum Gasteiger partial charge on any atom is 0.309 e. The van der Waals surface area contributed by atoms with Crippen molar-refractivity contribution in [3.8, 4) is 0 Å². The molecule has 6 fully saturated rings. The zero-order valence-electron chi connectivity index (χ0n) is 21.8. The molecule has 0 spiro atoms. The lowest BCUT2D eigenvalue weighted by Gasteiger charge is -2.37. The number of hydrogen-bond acceptors (Lipinski definition) is 6. The van der Waals surface area contributed by atoms with E-state index in [4.69, 9.17) is 24.4 Å². The first-order valence-electron chi connectivity index (χ1n) is 14.3. The van der Waals surface area contributed by atoms with E-state index in [0.29, 0.717) is 68.0 Å². The van der Waals surface area contributed by atoms with E-state index in [1.54, 1.807) is 0 Å². The fourth-order valence-electron chi connectivity index (χ4n) is 7.55. The molecule has 0 bridgehead atoms. The smallest absolute Gasteiger partial charge is 0.309 e. The Bertz CT molecular complexity index is 844. The van der Waals surface area contributed by atoms with E-state index in [2.05, 4.69) is 0 Å². The molecule has 0 aromatic rings. The SMILES string of the molecule is CC1CC2OC2CC1C(=O)O.O=C(O)CCCC(CC1CCC2OC2C1)(CC1CCC2OC2C1)C(=O)O. The summed E-state index contributed by atoms with van der Waals surface area (Å²) in [6.07, 6.45) is 12.2. The highest BCUT2D eigenvalue weighted by atomic mass is 16.6. The van der Waals surface area contributed by atoms with Crippen LogP contribution in [0.3, 0.4) is 0 Å². The second-order valence-electron chi connectivity index (χ2n) is 12.6. The van der Waals surface area contributed by atoms with Crippen molar-refractivity contribution in [2.24, 2.45) is 29.1 Å². The minimum absolute atomic E-state index is 0.0476. The summed E-state index contributed by atoms with van der Waals surface area (Å²) in [6.45, 7) is 2.00. The van der Waals surface area contributed by atoms with E-state index >= 15 is 0 Å². The minimum Gasteiger partial charge on any atom is -0.481 e. The maximum atomic E-state index is 12.4. The molecular formula is C28H42O9. The summed E-state index contributed by atoms with van der Waals surface area (Å²) in [5.74, 6) is -1.36. The van der Waals surface area contributed by atoms with Crippen LogP contribution >= 0.6 is 0 Å². The molecule has 3 saturated heterocycles. The van der Waals surface area contributed by atoms with Gasteiger partial charge >= 0.3 is 17.9 Å². The lowest BCUT2D eigenvalue weighted by molar-refractivity contribution is -0.153. The quantitative estimate of drug-likeness (QED) is 0.360. The molecule has 9 heteroatoms. The molecule has 10 atom stereocenters. The van der Waals surface area contributed by atoms with Gasteiger partial charge in [-0.3, -0.25) is 14.4 Å². The number of epoxide rings is 3. The van der Waals surface area contributed by atoms with Gasteiger partial charge in [0.15, 0.2) is 0 Å². The van der Waals surface area contributed by atoms with Crippen LogP contribution in [0.2, 0.25) is 0 Å². The molecule has 0 aromatic carbocycles. The van der Waals surface area contributed by atoms with Crippen molar-refractivity contribution in [3.63, 3.8) is 0 Å². The monoisotopic (exact) mass is 522 g/mol. The third kappa shape index (κ3) is 6.66. The topological polar surface area (TPSA) is 149 Å². The number of fused-ring (bicyclic) bond motifs is 3. The summed E-state index contributed by atoms with van der Waals surface area (Å²) in [6, 6.07) is 0. The number of aliphatic carboxylic acids is 3. The summed E-state index contributed by atoms with van der Waals surface area (Å²) in [7, 11) is 0. The van der Waals surface area contributed by atoms with E-state index < -0.39 is 23.3 Å². The Morgan fingerprint density at radius 1 is 0.730 bits per heavy atom. The molecule has 6 aliphatic rings. The molecule has 3 aliphatic heterocycles. The minimum atomic E-state index is -0.844. The molecule has 3 aliphatic carbocycles. The number of hydrogen-bond donors (Lipinski definition) is 3. The normalized spacial score (nSPS) is 42.4. The van der Waals surface area contributed by atoms with E-state index in [0.717, 1.165) is 51.4 Å². The van der Waals surface area contributed by atoms with Crippen LogP contribution in [0.1, 0.15) is 90.4 Å². The van der Waals surface area contributed by atoms with Gasteiger partial charge in [-0.2, -0.15) is 0 Å². The molecule has 3 heterocycles. The Kier molecular flexibility index (Phi) is 7.85. The Balaban J connectivity index is 0.000000212. The van der Waals surface area contributed by atoms with E-state index in [9.17, 15) is 19.5 Å². The van der Waals surface area contributed by atoms with Crippen LogP contribution in [0.4, 0.5) is 0 Å². The highest BCUT2D eigenvalue weighted by Gasteiger charge is 2.51. The van der Waals surface area contributed by atoms with E-state index in [-0.39, 0.29) is 24.4 Å². The van der Waals surface area contributed by atoms with E-state index in [1.165, 1.54) is 0 Å². The van der Waals surface area contributed by atoms with Crippen molar-refractivity contribution in [3.05, 3.63) is 0 Å². The Morgan fingerprint density at radius 3 is 1.73 bits per heavy atom. The van der Waals surface area contributed by atoms with E-state index in [1.807, 2.05) is 6.92 Å². The molecule has 10 unspecified atom stereocenters. The van der Waals surface area contributed by atoms with Crippen LogP contribution in [0.15, 0.2) is 0 Å². The molecule has 0 amide bonds. The fraction of sp³-hybridized carbons (Fsp3) is 0.893. The van der Waals surface area contributed by atoms with Crippen LogP contribution in [0.25, 0.3) is 0 Å². The molecule has 3 N–H and O–H groups in total. The van der Waals surface area contributed by atoms with Crippen LogP contribution in [-0.4, -0.2) is 69.9 Å². The summed E-state index contributed by atoms with van der Waals surface area (Å²) >= 11 is 0. The molecule has 0 radical (unpaired) electrons. The van der Waals surface area contributed by atoms with Gasteiger partial charge in [-0.15, -0.1) is 0 Å². The van der Waals surface area contributed by atoms with Crippen molar-refractivity contribution in [2.45, 2.75) is 127 Å². The third-order valence-corrected chi connectivity index (χ3v) is 9.87. The summed E-state index contributed by atoms with van der Waals surface area (Å²) in [4.78, 5) is 34.0. The molecular weight excluding hydrogens is 480 g/mol. The molecule has 0 aromatic heterocycles. The van der Waals surface area contributed by atoms with Crippen LogP contribution in [0.5, 0.6) is 0 Å². The van der Waals surface area contributed by atoms with Crippen LogP contribution in [0, 0.1) is 29.1 Å². The lowest BCUT2D eigenvalue weighted by Crippen LogP contribution is -2.37. The Morgan fingerprint density at radius 2 is 1.24 bits per heavy atom. The number of carboxylic acids is 3. The number of ether oxygens (including phenoxy) is 3. The first-order valence-corrected chi connectivity index (χ1v) is 14.3. The predicted molar refractivity (Wildman–Crippen MR) is 131 cm³/mol. The van der Waals surface area contributed by atoms with Crippen molar-refractivity contribution < 1.29 is 43.9 Å². The number of carboxylic acid groups (broad SMARTS) is 3. The van der Waals surface area contributed by atoms with Gasteiger partial charge in [-0.05, 0) is 94.8 Å². The maximum absolute atomic E-state index is 12.4. The summed E-state index contributed by atoms with van der Waals surface area (Å²) in [5.41, 5.74) is -0.797. The predicted octanol–water partition coefficient (Wildman–Crippen LogP) is 4.11. The average Bonchev–Trinajstić information content (AvgIpc) is 3.70. The van der Waals surface area contributed by atoms with Gasteiger partial charge < -0.3 is 29.5 Å². The van der Waals surface area contributed by atoms with Gasteiger partial charge in [-0.1, -0.05) is 6.92 Å². The largest absolute Gasteiger partial charge is 0.481 e. The molecule has 3 saturated carbocycles. The molecule has 6 rings (SSSR count). The van der Waals surface area contributed by atoms with Gasteiger partial charge in [0.1, 0.15) is 0 Å². The van der Waals surface area contributed by atoms with Gasteiger partial charge in [0, 0.05) is 6.42 Å². The second kappa shape index (κ2) is 10.8. The first kappa shape index (κ1) is 26.9. The fourth-order valence-corrected chi connectivity index (χ4v) is 7.55. The van der Waals surface area contributed by atoms with Gasteiger partial charge in [-0.25, -0.2) is 0 Å². The van der Waals surface area contributed by atoms with Crippen LogP contribution < -0.4 is 0 Å². The van der Waals surface area contributed by atoms with Crippen molar-refractivity contribution >= 4 is 17.9 Å². The second-order valence-corrected chi connectivity index (χ2v) is 12.6. The van der Waals surface area contributed by atoms with Crippen molar-refractivity contribution in [1.29, 1.82) is 0 Å². The molecule has 37 heavy (non-hydrogen) atoms. The zero-order valence-corrected chi connectivity index (χ0v) is 21.8. The van der Waals surface area contributed by atoms with Gasteiger partial charge in [0.2, 0.25) is 0 Å². The third-order valence-electron chi connectivity index (χ3n) is 9.87.